The lowest BCUT2D eigenvalue weighted by Crippen LogP contribution is -2.50. The second kappa shape index (κ2) is 7.20. The number of piperazine rings is 1. The Morgan fingerprint density at radius 1 is 1.12 bits per heavy atom. The fraction of sp³-hybridized carbons (Fsp3) is 1.00. The van der Waals surface area contributed by atoms with Gasteiger partial charge in [-0.25, -0.2) is 0 Å². The fourth-order valence-corrected chi connectivity index (χ4v) is 5.57. The zero-order chi connectivity index (χ0) is 17.4. The highest BCUT2D eigenvalue weighted by Gasteiger charge is 2.60. The van der Waals surface area contributed by atoms with Crippen molar-refractivity contribution in [2.24, 2.45) is 16.7 Å². The predicted molar refractivity (Wildman–Crippen MR) is 94.9 cm³/mol. The molecule has 2 aliphatic carbocycles. The number of hydrogen-bond donors (Lipinski definition) is 2. The van der Waals surface area contributed by atoms with Crippen molar-refractivity contribution in [1.82, 2.24) is 9.80 Å². The molecule has 0 aromatic heterocycles. The van der Waals surface area contributed by atoms with Gasteiger partial charge in [-0.1, -0.05) is 20.8 Å². The van der Waals surface area contributed by atoms with Crippen molar-refractivity contribution < 1.29 is 14.9 Å². The Balaban J connectivity index is 1.42. The quantitative estimate of drug-likeness (QED) is 0.729. The lowest BCUT2D eigenvalue weighted by molar-refractivity contribution is -0.114. The van der Waals surface area contributed by atoms with Crippen molar-refractivity contribution in [2.75, 3.05) is 52.5 Å². The highest BCUT2D eigenvalue weighted by molar-refractivity contribution is 5.09. The Kier molecular flexibility index (Phi) is 5.57. The fourth-order valence-electron chi connectivity index (χ4n) is 5.57. The van der Waals surface area contributed by atoms with Gasteiger partial charge in [0.1, 0.15) is 0 Å². The minimum Gasteiger partial charge on any atom is -0.395 e. The van der Waals surface area contributed by atoms with Gasteiger partial charge in [0.25, 0.3) is 0 Å². The summed E-state index contributed by atoms with van der Waals surface area (Å²) in [6.45, 7) is 13.1. The van der Waals surface area contributed by atoms with E-state index < -0.39 is 6.10 Å². The van der Waals surface area contributed by atoms with Crippen LogP contribution in [-0.4, -0.2) is 84.7 Å². The molecule has 0 aromatic rings. The van der Waals surface area contributed by atoms with Gasteiger partial charge in [-0.2, -0.15) is 0 Å². The Morgan fingerprint density at radius 2 is 1.79 bits per heavy atom. The minimum atomic E-state index is -0.409. The molecule has 3 fully saturated rings. The van der Waals surface area contributed by atoms with Crippen molar-refractivity contribution in [2.45, 2.75) is 52.2 Å². The molecule has 3 aliphatic rings. The van der Waals surface area contributed by atoms with E-state index in [-0.39, 0.29) is 18.1 Å². The first-order chi connectivity index (χ1) is 11.3. The third-order valence-electron chi connectivity index (χ3n) is 6.94. The summed E-state index contributed by atoms with van der Waals surface area (Å²) in [6, 6.07) is 0. The van der Waals surface area contributed by atoms with E-state index in [1.807, 2.05) is 0 Å². The summed E-state index contributed by atoms with van der Waals surface area (Å²) < 4.78 is 6.30. The smallest absolute Gasteiger partial charge is 0.0900 e. The molecule has 2 bridgehead atoms. The van der Waals surface area contributed by atoms with Crippen LogP contribution in [0.3, 0.4) is 0 Å². The summed E-state index contributed by atoms with van der Waals surface area (Å²) in [5.41, 5.74) is 0.548. The number of β-amino-alcohol motifs (C(OH)–C–C–N with tert-alkyl or cyclic N) is 2. The first kappa shape index (κ1) is 18.6. The van der Waals surface area contributed by atoms with Crippen molar-refractivity contribution in [3.8, 4) is 0 Å². The predicted octanol–water partition coefficient (Wildman–Crippen LogP) is 1.19. The van der Waals surface area contributed by atoms with E-state index in [9.17, 15) is 5.11 Å². The van der Waals surface area contributed by atoms with E-state index in [4.69, 9.17) is 9.84 Å². The molecule has 1 aliphatic heterocycles. The highest BCUT2D eigenvalue weighted by Crippen LogP contribution is 2.63. The van der Waals surface area contributed by atoms with E-state index in [1.165, 1.54) is 19.3 Å². The molecule has 4 atom stereocenters. The highest BCUT2D eigenvalue weighted by atomic mass is 16.5. The topological polar surface area (TPSA) is 56.2 Å². The van der Waals surface area contributed by atoms with Gasteiger partial charge in [-0.05, 0) is 36.0 Å². The van der Waals surface area contributed by atoms with Crippen LogP contribution < -0.4 is 0 Å². The Hall–Kier alpha value is -0.200. The van der Waals surface area contributed by atoms with Gasteiger partial charge in [0.2, 0.25) is 0 Å². The molecule has 2 saturated carbocycles. The van der Waals surface area contributed by atoms with Gasteiger partial charge in [0.05, 0.1) is 25.4 Å². The Morgan fingerprint density at radius 3 is 2.38 bits per heavy atom. The van der Waals surface area contributed by atoms with Crippen LogP contribution >= 0.6 is 0 Å². The van der Waals surface area contributed by atoms with Crippen molar-refractivity contribution in [3.05, 3.63) is 0 Å². The molecule has 2 N–H and O–H groups in total. The molecular weight excluding hydrogens is 304 g/mol. The van der Waals surface area contributed by atoms with E-state index in [0.717, 1.165) is 38.6 Å². The molecule has 5 heteroatoms. The lowest BCUT2D eigenvalue weighted by atomic mass is 9.70. The van der Waals surface area contributed by atoms with Gasteiger partial charge >= 0.3 is 0 Å². The summed E-state index contributed by atoms with van der Waals surface area (Å²) in [6.07, 6.45) is 3.76. The van der Waals surface area contributed by atoms with E-state index in [0.29, 0.717) is 18.6 Å². The number of rotatable bonds is 7. The molecule has 0 spiro atoms. The largest absolute Gasteiger partial charge is 0.395 e. The molecule has 24 heavy (non-hydrogen) atoms. The maximum absolute atomic E-state index is 10.4. The second-order valence-electron chi connectivity index (χ2n) is 9.15. The summed E-state index contributed by atoms with van der Waals surface area (Å²) in [5, 5.41) is 19.4. The standard InChI is InChI=1S/C19H36N2O3/c1-18(2)15-4-5-19(3,12-15)17(18)24-14-16(23)13-21-8-6-20(7-9-21)10-11-22/h15-17,22-23H,4-14H2,1-3H3/t15-,16+,17+,19+/m0/s1. The SMILES string of the molecule is CC1(C)[C@H]2CC[C@](C)(C2)[C@@H]1OC[C@H](O)CN1CCN(CCO)CC1. The second-order valence-corrected chi connectivity index (χ2v) is 9.15. The van der Waals surface area contributed by atoms with Crippen LogP contribution in [0.15, 0.2) is 0 Å². The van der Waals surface area contributed by atoms with Crippen LogP contribution in [0.2, 0.25) is 0 Å². The van der Waals surface area contributed by atoms with Crippen LogP contribution in [0, 0.1) is 16.7 Å². The summed E-state index contributed by atoms with van der Waals surface area (Å²) >= 11 is 0. The van der Waals surface area contributed by atoms with Crippen molar-refractivity contribution >= 4 is 0 Å². The van der Waals surface area contributed by atoms with Crippen LogP contribution in [-0.2, 0) is 4.74 Å². The molecule has 3 rings (SSSR count). The van der Waals surface area contributed by atoms with Crippen LogP contribution in [0.25, 0.3) is 0 Å². The lowest BCUT2D eigenvalue weighted by Gasteiger charge is -2.43. The zero-order valence-corrected chi connectivity index (χ0v) is 15.7. The van der Waals surface area contributed by atoms with Crippen molar-refractivity contribution in [1.29, 1.82) is 0 Å². The van der Waals surface area contributed by atoms with Gasteiger partial charge < -0.3 is 14.9 Å². The maximum Gasteiger partial charge on any atom is 0.0900 e. The molecular formula is C19H36N2O3. The number of aliphatic hydroxyl groups is 2. The maximum atomic E-state index is 10.4. The van der Waals surface area contributed by atoms with Crippen LogP contribution in [0.4, 0.5) is 0 Å². The first-order valence-electron chi connectivity index (χ1n) is 9.70. The van der Waals surface area contributed by atoms with Crippen LogP contribution in [0.5, 0.6) is 0 Å². The molecule has 1 saturated heterocycles. The normalized spacial score (nSPS) is 37.9. The monoisotopic (exact) mass is 340 g/mol. The zero-order valence-electron chi connectivity index (χ0n) is 15.7. The van der Waals surface area contributed by atoms with E-state index >= 15 is 0 Å². The van der Waals surface area contributed by atoms with E-state index in [1.54, 1.807) is 0 Å². The van der Waals surface area contributed by atoms with Gasteiger partial charge in [-0.3, -0.25) is 9.80 Å². The molecule has 0 amide bonds. The third kappa shape index (κ3) is 3.65. The van der Waals surface area contributed by atoms with Crippen LogP contribution in [0.1, 0.15) is 40.0 Å². The molecule has 0 aromatic carbocycles. The molecule has 5 nitrogen and oxygen atoms in total. The number of ether oxygens (including phenoxy) is 1. The Labute approximate surface area is 147 Å². The van der Waals surface area contributed by atoms with Gasteiger partial charge in [0, 0.05) is 39.3 Å². The minimum absolute atomic E-state index is 0.230. The average molecular weight is 341 g/mol. The van der Waals surface area contributed by atoms with Crippen molar-refractivity contribution in [3.63, 3.8) is 0 Å². The number of fused-ring (bicyclic) bond motifs is 2. The molecule has 1 heterocycles. The summed E-state index contributed by atoms with van der Waals surface area (Å²) in [7, 11) is 0. The average Bonchev–Trinajstić information content (AvgIpc) is 3.00. The molecule has 0 unspecified atom stereocenters. The van der Waals surface area contributed by atoms with Gasteiger partial charge in [0.15, 0.2) is 0 Å². The number of nitrogens with zero attached hydrogens (tertiary/aromatic N) is 2. The van der Waals surface area contributed by atoms with Gasteiger partial charge in [-0.15, -0.1) is 0 Å². The first-order valence-corrected chi connectivity index (χ1v) is 9.70. The molecule has 0 radical (unpaired) electrons. The third-order valence-corrected chi connectivity index (χ3v) is 6.94. The summed E-state index contributed by atoms with van der Waals surface area (Å²) in [4.78, 5) is 4.59. The Bertz CT molecular complexity index is 418. The molecule has 140 valence electrons. The van der Waals surface area contributed by atoms with E-state index in [2.05, 4.69) is 30.6 Å². The summed E-state index contributed by atoms with van der Waals surface area (Å²) in [5.74, 6) is 0.782. The number of hydrogen-bond acceptors (Lipinski definition) is 5. The number of aliphatic hydroxyl groups excluding tert-OH is 2.